The summed E-state index contributed by atoms with van der Waals surface area (Å²) >= 11 is 3.39. The Morgan fingerprint density at radius 3 is 2.75 bits per heavy atom. The van der Waals surface area contributed by atoms with Crippen LogP contribution in [-0.2, 0) is 0 Å². The Morgan fingerprint density at radius 2 is 2.00 bits per heavy atom. The number of nitrogens with zero attached hydrogens (tertiary/aromatic N) is 2. The molecule has 0 amide bonds. The van der Waals surface area contributed by atoms with Gasteiger partial charge in [-0.2, -0.15) is 5.26 Å². The Bertz CT molecular complexity index is 546. The summed E-state index contributed by atoms with van der Waals surface area (Å²) in [5, 5.41) is 11.9. The van der Waals surface area contributed by atoms with Crippen LogP contribution in [0.25, 0.3) is 0 Å². The minimum absolute atomic E-state index is 0.403. The van der Waals surface area contributed by atoms with Crippen molar-refractivity contribution < 1.29 is 0 Å². The van der Waals surface area contributed by atoms with Crippen molar-refractivity contribution in [2.45, 2.75) is 0 Å². The fourth-order valence-corrected chi connectivity index (χ4v) is 1.68. The summed E-state index contributed by atoms with van der Waals surface area (Å²) in [6, 6.07) is 15.1. The third-order valence-electron chi connectivity index (χ3n) is 1.96. The maximum Gasteiger partial charge on any atom is 0.142 e. The van der Waals surface area contributed by atoms with Crippen LogP contribution in [0.4, 0.5) is 11.5 Å². The number of nitriles is 1. The van der Waals surface area contributed by atoms with Gasteiger partial charge in [0.15, 0.2) is 0 Å². The molecule has 0 fully saturated rings. The number of rotatable bonds is 2. The van der Waals surface area contributed by atoms with Gasteiger partial charge in [-0.25, -0.2) is 4.98 Å². The third-order valence-corrected chi connectivity index (χ3v) is 2.45. The maximum atomic E-state index is 8.72. The molecule has 0 atom stereocenters. The molecule has 2 aromatic rings. The number of hydrogen-bond acceptors (Lipinski definition) is 3. The summed E-state index contributed by atoms with van der Waals surface area (Å²) in [6.07, 6.45) is 0. The second-order valence-corrected chi connectivity index (χ2v) is 4.07. The number of aromatic nitrogens is 1. The lowest BCUT2D eigenvalue weighted by Crippen LogP contribution is -1.94. The van der Waals surface area contributed by atoms with Crippen LogP contribution >= 0.6 is 15.9 Å². The molecule has 0 saturated heterocycles. The molecule has 78 valence electrons. The molecular formula is C12H8BrN3. The molecule has 0 spiro atoms. The second kappa shape index (κ2) is 4.77. The van der Waals surface area contributed by atoms with Crippen LogP contribution in [0.2, 0.25) is 0 Å². The SMILES string of the molecule is N#Cc1cccc(Nc2cccc(Br)c2)n1. The highest BCUT2D eigenvalue weighted by atomic mass is 79.9. The zero-order valence-electron chi connectivity index (χ0n) is 8.31. The van der Waals surface area contributed by atoms with Gasteiger partial charge >= 0.3 is 0 Å². The first kappa shape index (κ1) is 10.7. The molecule has 0 bridgehead atoms. The van der Waals surface area contributed by atoms with Crippen molar-refractivity contribution in [3.63, 3.8) is 0 Å². The van der Waals surface area contributed by atoms with Gasteiger partial charge in [-0.1, -0.05) is 28.1 Å². The highest BCUT2D eigenvalue weighted by Crippen LogP contribution is 2.19. The molecule has 0 aliphatic heterocycles. The number of anilines is 2. The largest absolute Gasteiger partial charge is 0.340 e. The quantitative estimate of drug-likeness (QED) is 0.912. The van der Waals surface area contributed by atoms with Crippen molar-refractivity contribution in [1.82, 2.24) is 4.98 Å². The molecule has 2 rings (SSSR count). The number of benzene rings is 1. The molecule has 1 N–H and O–H groups in total. The lowest BCUT2D eigenvalue weighted by atomic mass is 10.3. The predicted octanol–water partition coefficient (Wildman–Crippen LogP) is 3.46. The van der Waals surface area contributed by atoms with Crippen molar-refractivity contribution in [1.29, 1.82) is 5.26 Å². The molecule has 1 aromatic heterocycles. The number of hydrogen-bond donors (Lipinski definition) is 1. The molecule has 1 heterocycles. The molecule has 0 unspecified atom stereocenters. The van der Waals surface area contributed by atoms with E-state index in [2.05, 4.69) is 26.2 Å². The normalized spacial score (nSPS) is 9.50. The van der Waals surface area contributed by atoms with Crippen molar-refractivity contribution in [2.24, 2.45) is 0 Å². The van der Waals surface area contributed by atoms with E-state index in [9.17, 15) is 0 Å². The lowest BCUT2D eigenvalue weighted by molar-refractivity contribution is 1.25. The van der Waals surface area contributed by atoms with E-state index in [1.807, 2.05) is 36.4 Å². The average Bonchev–Trinajstić information content (AvgIpc) is 2.29. The molecule has 0 aliphatic rings. The van der Waals surface area contributed by atoms with Crippen molar-refractivity contribution >= 4 is 27.4 Å². The molecule has 1 aromatic carbocycles. The van der Waals surface area contributed by atoms with Gasteiger partial charge < -0.3 is 5.32 Å². The van der Waals surface area contributed by atoms with Gasteiger partial charge in [0.2, 0.25) is 0 Å². The highest BCUT2D eigenvalue weighted by molar-refractivity contribution is 9.10. The Labute approximate surface area is 102 Å². The first-order chi connectivity index (χ1) is 7.78. The van der Waals surface area contributed by atoms with Gasteiger partial charge in [0.1, 0.15) is 17.6 Å². The van der Waals surface area contributed by atoms with Crippen LogP contribution in [0.15, 0.2) is 46.9 Å². The summed E-state index contributed by atoms with van der Waals surface area (Å²) in [6.45, 7) is 0. The van der Waals surface area contributed by atoms with Crippen LogP contribution in [-0.4, -0.2) is 4.98 Å². The molecule has 16 heavy (non-hydrogen) atoms. The average molecular weight is 274 g/mol. The highest BCUT2D eigenvalue weighted by Gasteiger charge is 1.98. The summed E-state index contributed by atoms with van der Waals surface area (Å²) in [4.78, 5) is 4.13. The molecular weight excluding hydrogens is 266 g/mol. The van der Waals surface area contributed by atoms with E-state index in [0.29, 0.717) is 11.5 Å². The predicted molar refractivity (Wildman–Crippen MR) is 66.4 cm³/mol. The molecule has 0 radical (unpaired) electrons. The van der Waals surface area contributed by atoms with Crippen molar-refractivity contribution in [3.8, 4) is 6.07 Å². The Balaban J connectivity index is 2.24. The maximum absolute atomic E-state index is 8.72. The van der Waals surface area contributed by atoms with E-state index in [1.165, 1.54) is 0 Å². The monoisotopic (exact) mass is 273 g/mol. The van der Waals surface area contributed by atoms with Gasteiger partial charge in [0, 0.05) is 10.2 Å². The van der Waals surface area contributed by atoms with E-state index >= 15 is 0 Å². The standard InChI is InChI=1S/C12H8BrN3/c13-9-3-1-4-10(7-9)15-12-6-2-5-11(8-14)16-12/h1-7H,(H,15,16). The number of pyridine rings is 1. The van der Waals surface area contributed by atoms with E-state index in [0.717, 1.165) is 10.2 Å². The summed E-state index contributed by atoms with van der Waals surface area (Å²) < 4.78 is 0.994. The Kier molecular flexibility index (Phi) is 3.18. The van der Waals surface area contributed by atoms with Gasteiger partial charge in [0.05, 0.1) is 0 Å². The van der Waals surface area contributed by atoms with Gasteiger partial charge in [0.25, 0.3) is 0 Å². The van der Waals surface area contributed by atoms with Gasteiger partial charge in [-0.15, -0.1) is 0 Å². The Morgan fingerprint density at radius 1 is 1.19 bits per heavy atom. The van der Waals surface area contributed by atoms with Crippen molar-refractivity contribution in [2.75, 3.05) is 5.32 Å². The van der Waals surface area contributed by atoms with Crippen molar-refractivity contribution in [3.05, 3.63) is 52.6 Å². The van der Waals surface area contributed by atoms with Crippen LogP contribution in [0.1, 0.15) is 5.69 Å². The minimum Gasteiger partial charge on any atom is -0.340 e. The van der Waals surface area contributed by atoms with Gasteiger partial charge in [-0.3, -0.25) is 0 Å². The summed E-state index contributed by atoms with van der Waals surface area (Å²) in [5.41, 5.74) is 1.33. The smallest absolute Gasteiger partial charge is 0.142 e. The van der Waals surface area contributed by atoms with Crippen LogP contribution < -0.4 is 5.32 Å². The van der Waals surface area contributed by atoms with E-state index < -0.39 is 0 Å². The fourth-order valence-electron chi connectivity index (χ4n) is 1.28. The topological polar surface area (TPSA) is 48.7 Å². The minimum atomic E-state index is 0.403. The van der Waals surface area contributed by atoms with E-state index in [4.69, 9.17) is 5.26 Å². The zero-order chi connectivity index (χ0) is 11.4. The molecule has 4 heteroatoms. The summed E-state index contributed by atoms with van der Waals surface area (Å²) in [7, 11) is 0. The fraction of sp³-hybridized carbons (Fsp3) is 0. The first-order valence-corrected chi connectivity index (χ1v) is 5.47. The summed E-state index contributed by atoms with van der Waals surface area (Å²) in [5.74, 6) is 0.664. The molecule has 0 aliphatic carbocycles. The van der Waals surface area contributed by atoms with Crippen LogP contribution in [0, 0.1) is 11.3 Å². The number of halogens is 1. The molecule has 0 saturated carbocycles. The Hall–Kier alpha value is -1.86. The van der Waals surface area contributed by atoms with Crippen LogP contribution in [0.5, 0.6) is 0 Å². The lowest BCUT2D eigenvalue weighted by Gasteiger charge is -2.05. The van der Waals surface area contributed by atoms with Crippen LogP contribution in [0.3, 0.4) is 0 Å². The van der Waals surface area contributed by atoms with E-state index in [1.54, 1.807) is 12.1 Å². The third kappa shape index (κ3) is 2.59. The van der Waals surface area contributed by atoms with E-state index in [-0.39, 0.29) is 0 Å². The molecule has 3 nitrogen and oxygen atoms in total. The zero-order valence-corrected chi connectivity index (χ0v) is 9.90. The van der Waals surface area contributed by atoms with Gasteiger partial charge in [-0.05, 0) is 30.3 Å². The number of nitrogens with one attached hydrogen (secondary N) is 1. The second-order valence-electron chi connectivity index (χ2n) is 3.16. The first-order valence-electron chi connectivity index (χ1n) is 4.68.